The van der Waals surface area contributed by atoms with E-state index in [0.717, 1.165) is 5.56 Å². The molecule has 36 heavy (non-hydrogen) atoms. The van der Waals surface area contributed by atoms with E-state index in [1.807, 2.05) is 20.8 Å². The number of fused-ring (bicyclic) bond motifs is 1. The van der Waals surface area contributed by atoms with Gasteiger partial charge in [0, 0.05) is 24.2 Å². The number of halogens is 1. The third-order valence-electron chi connectivity index (χ3n) is 5.96. The number of carbonyl (C=O) groups is 1. The molecule has 2 aromatic carbocycles. The summed E-state index contributed by atoms with van der Waals surface area (Å²) in [6, 6.07) is 5.19. The molecule has 3 rings (SSSR count). The maximum atomic E-state index is 15.4. The van der Waals surface area contributed by atoms with Crippen LogP contribution in [0.15, 0.2) is 18.2 Å². The summed E-state index contributed by atoms with van der Waals surface area (Å²) in [5.74, 6) is -0.0384. The van der Waals surface area contributed by atoms with Gasteiger partial charge in [-0.1, -0.05) is 20.8 Å². The molecule has 196 valence electrons. The number of carbonyl (C=O) groups excluding carboxylic acids is 1. The van der Waals surface area contributed by atoms with Crippen LogP contribution in [0.25, 0.3) is 0 Å². The number of hydrogen-bond donors (Lipinski definition) is 3. The summed E-state index contributed by atoms with van der Waals surface area (Å²) in [5, 5.41) is 21.0. The second kappa shape index (κ2) is 11.2. The van der Waals surface area contributed by atoms with E-state index >= 15 is 4.39 Å². The van der Waals surface area contributed by atoms with E-state index in [9.17, 15) is 9.90 Å². The average molecular weight is 502 g/mol. The summed E-state index contributed by atoms with van der Waals surface area (Å²) in [7, 11) is 1.57. The first kappa shape index (κ1) is 27.3. The third kappa shape index (κ3) is 5.41. The standard InChI is InChI=1S/C27H36FN3O5/c1-7-35-21-13-17-14-31(26(29)22(17)23(28)25(21)36-8-2)15-20(33)16-11-18(27(3,4)5)24(34-6)19(12-16)30-9-10-32/h11-13,29-30,32H,7-10,14-15H2,1-6H3. The SMILES string of the molecule is CCOc1cc2c(c(F)c1OCC)C(=N)N(CC(=O)c1cc(NCCO)c(OC)c(C(C)(C)C)c1)C2. The van der Waals surface area contributed by atoms with Crippen molar-refractivity contribution in [3.05, 3.63) is 46.3 Å². The first-order valence-electron chi connectivity index (χ1n) is 12.1. The van der Waals surface area contributed by atoms with E-state index in [0.29, 0.717) is 41.5 Å². The Morgan fingerprint density at radius 2 is 1.86 bits per heavy atom. The van der Waals surface area contributed by atoms with Crippen LogP contribution in [0, 0.1) is 11.2 Å². The molecule has 9 heteroatoms. The molecule has 0 aliphatic carbocycles. The van der Waals surface area contributed by atoms with Crippen molar-refractivity contribution < 1.29 is 28.5 Å². The number of hydrogen-bond acceptors (Lipinski definition) is 7. The molecule has 0 bridgehead atoms. The van der Waals surface area contributed by atoms with Crippen molar-refractivity contribution in [2.45, 2.75) is 46.6 Å². The molecule has 1 heterocycles. The molecule has 0 atom stereocenters. The van der Waals surface area contributed by atoms with E-state index in [4.69, 9.17) is 19.6 Å². The summed E-state index contributed by atoms with van der Waals surface area (Å²) < 4.78 is 32.0. The molecular weight excluding hydrogens is 465 g/mol. The van der Waals surface area contributed by atoms with Gasteiger partial charge in [-0.2, -0.15) is 0 Å². The number of rotatable bonds is 11. The molecule has 0 fully saturated rings. The highest BCUT2D eigenvalue weighted by Crippen LogP contribution is 2.40. The van der Waals surface area contributed by atoms with Gasteiger partial charge < -0.3 is 29.5 Å². The highest BCUT2D eigenvalue weighted by molar-refractivity contribution is 6.06. The molecule has 0 unspecified atom stereocenters. The fourth-order valence-corrected chi connectivity index (χ4v) is 4.31. The Hall–Kier alpha value is -3.33. The Labute approximate surface area is 211 Å². The van der Waals surface area contributed by atoms with Gasteiger partial charge >= 0.3 is 0 Å². The van der Waals surface area contributed by atoms with Crippen molar-refractivity contribution >= 4 is 17.3 Å². The maximum Gasteiger partial charge on any atom is 0.197 e. The highest BCUT2D eigenvalue weighted by atomic mass is 19.1. The number of amidine groups is 1. The normalized spacial score (nSPS) is 13.0. The molecule has 3 N–H and O–H groups in total. The zero-order valence-electron chi connectivity index (χ0n) is 21.9. The van der Waals surface area contributed by atoms with Gasteiger partial charge in [0.25, 0.3) is 0 Å². The van der Waals surface area contributed by atoms with E-state index < -0.39 is 5.82 Å². The number of ketones is 1. The van der Waals surface area contributed by atoms with Gasteiger partial charge in [0.2, 0.25) is 0 Å². The van der Waals surface area contributed by atoms with Crippen LogP contribution in [-0.2, 0) is 12.0 Å². The van der Waals surface area contributed by atoms with E-state index in [2.05, 4.69) is 5.32 Å². The van der Waals surface area contributed by atoms with Gasteiger partial charge in [-0.15, -0.1) is 0 Å². The fraction of sp³-hybridized carbons (Fsp3) is 0.481. The van der Waals surface area contributed by atoms with Crippen LogP contribution in [0.4, 0.5) is 10.1 Å². The largest absolute Gasteiger partial charge is 0.494 e. The summed E-state index contributed by atoms with van der Waals surface area (Å²) in [4.78, 5) is 15.0. The lowest BCUT2D eigenvalue weighted by Crippen LogP contribution is -2.31. The number of anilines is 1. The van der Waals surface area contributed by atoms with Crippen molar-refractivity contribution in [3.8, 4) is 17.2 Å². The molecule has 0 saturated carbocycles. The zero-order valence-corrected chi connectivity index (χ0v) is 21.9. The molecule has 0 saturated heterocycles. The van der Waals surface area contributed by atoms with Crippen LogP contribution in [0.1, 0.15) is 61.7 Å². The van der Waals surface area contributed by atoms with Gasteiger partial charge in [-0.3, -0.25) is 10.2 Å². The van der Waals surface area contributed by atoms with Gasteiger partial charge in [-0.25, -0.2) is 4.39 Å². The van der Waals surface area contributed by atoms with Crippen LogP contribution in [-0.4, -0.2) is 61.6 Å². The molecular formula is C27H36FN3O5. The quantitative estimate of drug-likeness (QED) is 0.393. The number of methoxy groups -OCH3 is 1. The Balaban J connectivity index is 1.94. The topological polar surface area (TPSA) is 104 Å². The van der Waals surface area contributed by atoms with Crippen molar-refractivity contribution in [2.24, 2.45) is 0 Å². The number of aliphatic hydroxyl groups is 1. The fourth-order valence-electron chi connectivity index (χ4n) is 4.31. The summed E-state index contributed by atoms with van der Waals surface area (Å²) in [6.07, 6.45) is 0. The van der Waals surface area contributed by atoms with Crippen molar-refractivity contribution in [2.75, 3.05) is 45.3 Å². The van der Waals surface area contributed by atoms with Crippen molar-refractivity contribution in [1.82, 2.24) is 4.90 Å². The molecule has 8 nitrogen and oxygen atoms in total. The van der Waals surface area contributed by atoms with Crippen LogP contribution in [0.2, 0.25) is 0 Å². The second-order valence-electron chi connectivity index (χ2n) is 9.55. The first-order chi connectivity index (χ1) is 17.1. The van der Waals surface area contributed by atoms with E-state index in [1.165, 1.54) is 0 Å². The van der Waals surface area contributed by atoms with Gasteiger partial charge in [0.1, 0.15) is 11.6 Å². The first-order valence-corrected chi connectivity index (χ1v) is 12.1. The van der Waals surface area contributed by atoms with Crippen LogP contribution in [0.5, 0.6) is 17.2 Å². The summed E-state index contributed by atoms with van der Waals surface area (Å²) in [5.41, 5.74) is 2.27. The third-order valence-corrected chi connectivity index (χ3v) is 5.96. The number of nitrogens with one attached hydrogen (secondary N) is 2. The predicted octanol–water partition coefficient (Wildman–Crippen LogP) is 4.36. The molecule has 2 aromatic rings. The van der Waals surface area contributed by atoms with E-state index in [1.54, 1.807) is 44.1 Å². The summed E-state index contributed by atoms with van der Waals surface area (Å²) in [6.45, 7) is 10.6. The minimum Gasteiger partial charge on any atom is -0.494 e. The Morgan fingerprint density at radius 1 is 1.17 bits per heavy atom. The average Bonchev–Trinajstić information content (AvgIpc) is 3.13. The minimum atomic E-state index is -0.646. The monoisotopic (exact) mass is 501 g/mol. The van der Waals surface area contributed by atoms with Gasteiger partial charge in [-0.05, 0) is 43.0 Å². The number of Topliss-reactive ketones (excluding diaryl/α,β-unsaturated/α-hetero) is 1. The summed E-state index contributed by atoms with van der Waals surface area (Å²) >= 11 is 0. The minimum absolute atomic E-state index is 0.0133. The molecule has 1 aliphatic rings. The molecule has 0 radical (unpaired) electrons. The van der Waals surface area contributed by atoms with Gasteiger partial charge in [0.15, 0.2) is 23.1 Å². The van der Waals surface area contributed by atoms with Crippen LogP contribution in [0.3, 0.4) is 0 Å². The smallest absolute Gasteiger partial charge is 0.197 e. The number of benzene rings is 2. The van der Waals surface area contributed by atoms with Crippen molar-refractivity contribution in [1.29, 1.82) is 5.41 Å². The zero-order chi connectivity index (χ0) is 26.6. The van der Waals surface area contributed by atoms with E-state index in [-0.39, 0.29) is 54.7 Å². The lowest BCUT2D eigenvalue weighted by molar-refractivity contribution is 0.0962. The highest BCUT2D eigenvalue weighted by Gasteiger charge is 2.33. The van der Waals surface area contributed by atoms with Crippen molar-refractivity contribution in [3.63, 3.8) is 0 Å². The Kier molecular flexibility index (Phi) is 8.45. The Morgan fingerprint density at radius 3 is 2.44 bits per heavy atom. The van der Waals surface area contributed by atoms with Crippen LogP contribution >= 0.6 is 0 Å². The molecule has 0 aromatic heterocycles. The second-order valence-corrected chi connectivity index (χ2v) is 9.55. The lowest BCUT2D eigenvalue weighted by Gasteiger charge is -2.26. The molecule has 0 amide bonds. The van der Waals surface area contributed by atoms with Gasteiger partial charge in [0.05, 0.1) is 44.7 Å². The molecule has 1 aliphatic heterocycles. The number of nitrogens with zero attached hydrogens (tertiary/aromatic N) is 1. The predicted molar refractivity (Wildman–Crippen MR) is 138 cm³/mol. The molecule has 0 spiro atoms. The Bertz CT molecular complexity index is 1140. The maximum absolute atomic E-state index is 15.4. The van der Waals surface area contributed by atoms with Crippen LogP contribution < -0.4 is 19.5 Å². The lowest BCUT2D eigenvalue weighted by atomic mass is 9.84. The number of aliphatic hydroxyl groups excluding tert-OH is 1. The number of ether oxygens (including phenoxy) is 3.